The van der Waals surface area contributed by atoms with E-state index in [0.717, 1.165) is 24.6 Å². The van der Waals surface area contributed by atoms with E-state index in [2.05, 4.69) is 46.6 Å². The van der Waals surface area contributed by atoms with Gasteiger partial charge in [0.2, 0.25) is 5.95 Å². The summed E-state index contributed by atoms with van der Waals surface area (Å²) in [5, 5.41) is 6.56. The molecule has 106 valence electrons. The first-order valence-electron chi connectivity index (χ1n) is 6.89. The Bertz CT molecular complexity index is 541. The number of rotatable bonds is 6. The third kappa shape index (κ3) is 3.85. The standard InChI is InChI=1S/C15H21N5/c1-3-9-17-13-10-14(20-15(16)19-13)18-11(2)12-7-5-4-6-8-12/h4-8,10-11H,3,9H2,1-2H3,(H4,16,17,18,19,20). The first kappa shape index (κ1) is 14.1. The number of nitrogens with two attached hydrogens (primary N) is 1. The van der Waals surface area contributed by atoms with Gasteiger partial charge < -0.3 is 16.4 Å². The Morgan fingerprint density at radius 1 is 1.15 bits per heavy atom. The van der Waals surface area contributed by atoms with Crippen molar-refractivity contribution in [2.75, 3.05) is 22.9 Å². The number of benzene rings is 1. The molecule has 5 nitrogen and oxygen atoms in total. The monoisotopic (exact) mass is 271 g/mol. The van der Waals surface area contributed by atoms with Gasteiger partial charge in [0.15, 0.2) is 0 Å². The third-order valence-corrected chi connectivity index (χ3v) is 2.96. The summed E-state index contributed by atoms with van der Waals surface area (Å²) in [5.41, 5.74) is 6.94. The summed E-state index contributed by atoms with van der Waals surface area (Å²) in [6.07, 6.45) is 1.03. The maximum atomic E-state index is 5.74. The second kappa shape index (κ2) is 6.75. The molecule has 2 aromatic rings. The van der Waals surface area contributed by atoms with Crippen molar-refractivity contribution in [3.63, 3.8) is 0 Å². The van der Waals surface area contributed by atoms with Crippen molar-refractivity contribution in [3.05, 3.63) is 42.0 Å². The fourth-order valence-corrected chi connectivity index (χ4v) is 1.93. The summed E-state index contributed by atoms with van der Waals surface area (Å²) in [6, 6.07) is 12.3. The zero-order chi connectivity index (χ0) is 14.4. The van der Waals surface area contributed by atoms with Gasteiger partial charge in [-0.05, 0) is 18.9 Å². The second-order valence-corrected chi connectivity index (χ2v) is 4.70. The fraction of sp³-hybridized carbons (Fsp3) is 0.333. The highest BCUT2D eigenvalue weighted by Gasteiger charge is 2.07. The molecule has 1 unspecified atom stereocenters. The van der Waals surface area contributed by atoms with Gasteiger partial charge in [0, 0.05) is 18.7 Å². The van der Waals surface area contributed by atoms with Gasteiger partial charge >= 0.3 is 0 Å². The third-order valence-electron chi connectivity index (χ3n) is 2.96. The second-order valence-electron chi connectivity index (χ2n) is 4.70. The minimum Gasteiger partial charge on any atom is -0.370 e. The average Bonchev–Trinajstić information content (AvgIpc) is 2.45. The molecule has 1 aromatic heterocycles. The highest BCUT2D eigenvalue weighted by Crippen LogP contribution is 2.20. The van der Waals surface area contributed by atoms with Crippen LogP contribution in [0.2, 0.25) is 0 Å². The first-order valence-corrected chi connectivity index (χ1v) is 6.89. The van der Waals surface area contributed by atoms with Crippen molar-refractivity contribution in [3.8, 4) is 0 Å². The number of hydrogen-bond donors (Lipinski definition) is 3. The largest absolute Gasteiger partial charge is 0.370 e. The average molecular weight is 271 g/mol. The maximum absolute atomic E-state index is 5.74. The molecule has 5 heteroatoms. The van der Waals surface area contributed by atoms with Crippen molar-refractivity contribution >= 4 is 17.6 Å². The van der Waals surface area contributed by atoms with Crippen molar-refractivity contribution in [1.82, 2.24) is 9.97 Å². The Balaban J connectivity index is 2.10. The lowest BCUT2D eigenvalue weighted by Crippen LogP contribution is -2.11. The molecule has 0 bridgehead atoms. The van der Waals surface area contributed by atoms with Gasteiger partial charge in [0.1, 0.15) is 11.6 Å². The lowest BCUT2D eigenvalue weighted by atomic mass is 10.1. The molecule has 0 aliphatic heterocycles. The Labute approximate surface area is 119 Å². The van der Waals surface area contributed by atoms with Crippen LogP contribution in [-0.4, -0.2) is 16.5 Å². The van der Waals surface area contributed by atoms with Gasteiger partial charge in [-0.3, -0.25) is 0 Å². The minimum absolute atomic E-state index is 0.157. The number of aromatic nitrogens is 2. The summed E-state index contributed by atoms with van der Waals surface area (Å²) in [5.74, 6) is 1.75. The van der Waals surface area contributed by atoms with Gasteiger partial charge in [0.05, 0.1) is 0 Å². The molecule has 0 aliphatic rings. The lowest BCUT2D eigenvalue weighted by molar-refractivity contribution is 0.872. The molecule has 0 saturated carbocycles. The molecular formula is C15H21N5. The molecule has 0 aliphatic carbocycles. The first-order chi connectivity index (χ1) is 9.69. The van der Waals surface area contributed by atoms with Gasteiger partial charge in [-0.1, -0.05) is 37.3 Å². The van der Waals surface area contributed by atoms with E-state index in [1.165, 1.54) is 5.56 Å². The lowest BCUT2D eigenvalue weighted by Gasteiger charge is -2.16. The summed E-state index contributed by atoms with van der Waals surface area (Å²) >= 11 is 0. The Kier molecular flexibility index (Phi) is 4.76. The van der Waals surface area contributed by atoms with Crippen LogP contribution < -0.4 is 16.4 Å². The smallest absolute Gasteiger partial charge is 0.223 e. The SMILES string of the molecule is CCCNc1cc(NC(C)c2ccccc2)nc(N)n1. The van der Waals surface area contributed by atoms with Crippen LogP contribution in [0.4, 0.5) is 17.6 Å². The van der Waals surface area contributed by atoms with Crippen LogP contribution in [0, 0.1) is 0 Å². The van der Waals surface area contributed by atoms with Crippen molar-refractivity contribution in [2.45, 2.75) is 26.3 Å². The normalized spacial score (nSPS) is 11.9. The summed E-state index contributed by atoms with van der Waals surface area (Å²) in [7, 11) is 0. The molecular weight excluding hydrogens is 250 g/mol. The summed E-state index contributed by atoms with van der Waals surface area (Å²) in [6.45, 7) is 5.06. The Morgan fingerprint density at radius 3 is 2.55 bits per heavy atom. The molecule has 0 radical (unpaired) electrons. The molecule has 0 amide bonds. The van der Waals surface area contributed by atoms with E-state index < -0.39 is 0 Å². The van der Waals surface area contributed by atoms with Crippen molar-refractivity contribution in [1.29, 1.82) is 0 Å². The Morgan fingerprint density at radius 2 is 1.85 bits per heavy atom. The topological polar surface area (TPSA) is 75.9 Å². The molecule has 1 aromatic carbocycles. The van der Waals surface area contributed by atoms with Gasteiger partial charge in [-0.15, -0.1) is 0 Å². The van der Waals surface area contributed by atoms with Gasteiger partial charge in [0.25, 0.3) is 0 Å². The van der Waals surface area contributed by atoms with Crippen LogP contribution >= 0.6 is 0 Å². The molecule has 0 spiro atoms. The van der Waals surface area contributed by atoms with E-state index in [4.69, 9.17) is 5.73 Å². The van der Waals surface area contributed by atoms with Gasteiger partial charge in [-0.2, -0.15) is 9.97 Å². The van der Waals surface area contributed by atoms with E-state index in [1.54, 1.807) is 0 Å². The Hall–Kier alpha value is -2.30. The van der Waals surface area contributed by atoms with Crippen LogP contribution in [-0.2, 0) is 0 Å². The van der Waals surface area contributed by atoms with Crippen LogP contribution in [0.5, 0.6) is 0 Å². The van der Waals surface area contributed by atoms with E-state index in [-0.39, 0.29) is 12.0 Å². The number of nitrogens with zero attached hydrogens (tertiary/aromatic N) is 2. The van der Waals surface area contributed by atoms with Crippen molar-refractivity contribution in [2.24, 2.45) is 0 Å². The van der Waals surface area contributed by atoms with Crippen LogP contribution in [0.15, 0.2) is 36.4 Å². The predicted molar refractivity (Wildman–Crippen MR) is 83.7 cm³/mol. The molecule has 2 rings (SSSR count). The fourth-order valence-electron chi connectivity index (χ4n) is 1.93. The van der Waals surface area contributed by atoms with Crippen LogP contribution in [0.3, 0.4) is 0 Å². The molecule has 0 fully saturated rings. The predicted octanol–water partition coefficient (Wildman–Crippen LogP) is 3.05. The molecule has 4 N–H and O–H groups in total. The van der Waals surface area contributed by atoms with E-state index in [1.807, 2.05) is 24.3 Å². The molecule has 1 atom stereocenters. The summed E-state index contributed by atoms with van der Waals surface area (Å²) < 4.78 is 0. The maximum Gasteiger partial charge on any atom is 0.223 e. The van der Waals surface area contributed by atoms with Crippen LogP contribution in [0.1, 0.15) is 31.9 Å². The van der Waals surface area contributed by atoms with Crippen molar-refractivity contribution < 1.29 is 0 Å². The number of nitrogen functional groups attached to an aromatic ring is 1. The van der Waals surface area contributed by atoms with E-state index in [0.29, 0.717) is 0 Å². The number of nitrogens with one attached hydrogen (secondary N) is 2. The molecule has 1 heterocycles. The van der Waals surface area contributed by atoms with E-state index >= 15 is 0 Å². The minimum atomic E-state index is 0.157. The summed E-state index contributed by atoms with van der Waals surface area (Å²) in [4.78, 5) is 8.39. The van der Waals surface area contributed by atoms with Crippen LogP contribution in [0.25, 0.3) is 0 Å². The quantitative estimate of drug-likeness (QED) is 0.753. The highest BCUT2D eigenvalue weighted by molar-refractivity contribution is 5.52. The highest BCUT2D eigenvalue weighted by atomic mass is 15.1. The van der Waals surface area contributed by atoms with Gasteiger partial charge in [-0.25, -0.2) is 0 Å². The molecule has 20 heavy (non-hydrogen) atoms. The number of hydrogen-bond acceptors (Lipinski definition) is 5. The zero-order valence-corrected chi connectivity index (χ0v) is 11.9. The number of anilines is 3. The van der Waals surface area contributed by atoms with E-state index in [9.17, 15) is 0 Å². The zero-order valence-electron chi connectivity index (χ0n) is 11.9. The molecule has 0 saturated heterocycles.